The number of hydrogen-bond acceptors (Lipinski definition) is 5. The molecule has 0 saturated carbocycles. The van der Waals surface area contributed by atoms with Crippen molar-refractivity contribution >= 4 is 23.2 Å². The van der Waals surface area contributed by atoms with Gasteiger partial charge in [-0.25, -0.2) is 4.98 Å². The van der Waals surface area contributed by atoms with E-state index in [1.54, 1.807) is 6.20 Å². The maximum Gasteiger partial charge on any atom is 0.220 e. The highest BCUT2D eigenvalue weighted by molar-refractivity contribution is 6.30. The van der Waals surface area contributed by atoms with E-state index < -0.39 is 11.9 Å². The first-order chi connectivity index (χ1) is 16.5. The van der Waals surface area contributed by atoms with Crippen LogP contribution in [-0.2, 0) is 4.79 Å². The Balaban J connectivity index is 1.72. The SMILES string of the molecule is Cc1nnc2n1-c1ccc(C#Cc3ccccn3)cc1C(c1ccc(Cl)cc1)=N[C@H]2CC(N)=O. The van der Waals surface area contributed by atoms with Crippen molar-refractivity contribution in [3.8, 4) is 17.5 Å². The number of fused-ring (bicyclic) bond motifs is 3. The van der Waals surface area contributed by atoms with Crippen LogP contribution in [0.1, 0.15) is 46.5 Å². The fourth-order valence-electron chi connectivity index (χ4n) is 3.91. The van der Waals surface area contributed by atoms with Crippen molar-refractivity contribution in [1.82, 2.24) is 19.7 Å². The number of pyridine rings is 1. The van der Waals surface area contributed by atoms with Gasteiger partial charge in [-0.3, -0.25) is 14.4 Å². The molecule has 0 saturated heterocycles. The summed E-state index contributed by atoms with van der Waals surface area (Å²) in [4.78, 5) is 21.1. The number of halogens is 1. The average Bonchev–Trinajstić information content (AvgIpc) is 3.16. The largest absolute Gasteiger partial charge is 0.370 e. The lowest BCUT2D eigenvalue weighted by Gasteiger charge is -2.13. The number of nitrogens with zero attached hydrogens (tertiary/aromatic N) is 5. The normalized spacial score (nSPS) is 14.2. The Kier molecular flexibility index (Phi) is 5.66. The van der Waals surface area contributed by atoms with Crippen LogP contribution < -0.4 is 5.73 Å². The first-order valence-corrected chi connectivity index (χ1v) is 11.0. The van der Waals surface area contributed by atoms with Crippen LogP contribution in [0, 0.1) is 18.8 Å². The van der Waals surface area contributed by atoms with Gasteiger partial charge in [-0.2, -0.15) is 0 Å². The first kappa shape index (κ1) is 21.6. The zero-order valence-electron chi connectivity index (χ0n) is 18.2. The van der Waals surface area contributed by atoms with E-state index in [9.17, 15) is 4.79 Å². The number of rotatable bonds is 3. The summed E-state index contributed by atoms with van der Waals surface area (Å²) in [5, 5.41) is 9.19. The molecule has 8 heteroatoms. The van der Waals surface area contributed by atoms with Gasteiger partial charge in [0, 0.05) is 27.9 Å². The van der Waals surface area contributed by atoms with Crippen LogP contribution in [0.5, 0.6) is 0 Å². The minimum Gasteiger partial charge on any atom is -0.370 e. The standard InChI is InChI=1S/C26H19ClN6O/c1-16-31-32-26-22(15-24(28)34)30-25(18-7-9-19(27)10-8-18)21-14-17(6-12-23(21)33(16)26)5-11-20-4-2-3-13-29-20/h2-4,6-10,12-14,22H,15H2,1H3,(H2,28,34)/t22-/m0/s1. The number of aliphatic imine (C=N–C) groups is 1. The fourth-order valence-corrected chi connectivity index (χ4v) is 4.04. The number of carbonyl (C=O) groups excluding carboxylic acids is 1. The molecule has 0 fully saturated rings. The van der Waals surface area contributed by atoms with E-state index in [-0.39, 0.29) is 6.42 Å². The molecule has 1 atom stereocenters. The minimum atomic E-state index is -0.583. The highest BCUT2D eigenvalue weighted by Gasteiger charge is 2.29. The van der Waals surface area contributed by atoms with Crippen molar-refractivity contribution in [2.75, 3.05) is 0 Å². The minimum absolute atomic E-state index is 0.00948. The van der Waals surface area contributed by atoms with Crippen molar-refractivity contribution in [3.63, 3.8) is 0 Å². The number of aromatic nitrogens is 4. The molecule has 7 nitrogen and oxygen atoms in total. The third kappa shape index (κ3) is 4.19. The van der Waals surface area contributed by atoms with Gasteiger partial charge in [0.25, 0.3) is 0 Å². The maximum absolute atomic E-state index is 11.9. The Bertz CT molecular complexity index is 1480. The van der Waals surface area contributed by atoms with Gasteiger partial charge in [-0.15, -0.1) is 10.2 Å². The molecule has 34 heavy (non-hydrogen) atoms. The van der Waals surface area contributed by atoms with Crippen LogP contribution in [0.15, 0.2) is 71.9 Å². The third-order valence-corrected chi connectivity index (χ3v) is 5.69. The zero-order chi connectivity index (χ0) is 23.7. The Morgan fingerprint density at radius 3 is 2.65 bits per heavy atom. The molecule has 0 radical (unpaired) electrons. The second-order valence-corrected chi connectivity index (χ2v) is 8.24. The molecule has 2 N–H and O–H groups in total. The first-order valence-electron chi connectivity index (χ1n) is 10.6. The highest BCUT2D eigenvalue weighted by atomic mass is 35.5. The van der Waals surface area contributed by atoms with Crippen molar-refractivity contribution in [3.05, 3.63) is 106 Å². The van der Waals surface area contributed by atoms with Gasteiger partial charge in [0.1, 0.15) is 17.6 Å². The van der Waals surface area contributed by atoms with Crippen LogP contribution in [-0.4, -0.2) is 31.4 Å². The summed E-state index contributed by atoms with van der Waals surface area (Å²) in [6.07, 6.45) is 1.72. The number of hydrogen-bond donors (Lipinski definition) is 1. The summed E-state index contributed by atoms with van der Waals surface area (Å²) in [7, 11) is 0. The predicted octanol–water partition coefficient (Wildman–Crippen LogP) is 3.79. The summed E-state index contributed by atoms with van der Waals surface area (Å²) in [5.74, 6) is 7.06. The molecular weight excluding hydrogens is 448 g/mol. The molecule has 1 aliphatic heterocycles. The molecule has 2 aromatic carbocycles. The van der Waals surface area contributed by atoms with E-state index in [1.165, 1.54) is 0 Å². The molecule has 1 aliphatic rings. The lowest BCUT2D eigenvalue weighted by Crippen LogP contribution is -2.17. The summed E-state index contributed by atoms with van der Waals surface area (Å²) in [6, 6.07) is 18.3. The summed E-state index contributed by atoms with van der Waals surface area (Å²) in [6.45, 7) is 1.86. The topological polar surface area (TPSA) is 99.1 Å². The van der Waals surface area contributed by atoms with Crippen molar-refractivity contribution in [2.45, 2.75) is 19.4 Å². The number of carbonyl (C=O) groups is 1. The lowest BCUT2D eigenvalue weighted by atomic mass is 9.98. The van der Waals surface area contributed by atoms with Crippen LogP contribution >= 0.6 is 11.6 Å². The number of nitrogens with two attached hydrogens (primary N) is 1. The van der Waals surface area contributed by atoms with Crippen molar-refractivity contribution in [1.29, 1.82) is 0 Å². The number of primary amides is 1. The van der Waals surface area contributed by atoms with E-state index >= 15 is 0 Å². The Labute approximate surface area is 201 Å². The molecule has 1 amide bonds. The van der Waals surface area contributed by atoms with Crippen LogP contribution in [0.2, 0.25) is 5.02 Å². The van der Waals surface area contributed by atoms with E-state index in [0.717, 1.165) is 22.4 Å². The lowest BCUT2D eigenvalue weighted by molar-refractivity contribution is -0.118. The van der Waals surface area contributed by atoms with Gasteiger partial charge >= 0.3 is 0 Å². The Morgan fingerprint density at radius 2 is 1.91 bits per heavy atom. The second kappa shape index (κ2) is 8.93. The van der Waals surface area contributed by atoms with Crippen molar-refractivity contribution in [2.24, 2.45) is 10.7 Å². The molecule has 3 heterocycles. The van der Waals surface area contributed by atoms with E-state index in [0.29, 0.717) is 28.1 Å². The number of aryl methyl sites for hydroxylation is 1. The van der Waals surface area contributed by atoms with Gasteiger partial charge in [0.05, 0.1) is 17.8 Å². The number of benzene rings is 2. The zero-order valence-corrected chi connectivity index (χ0v) is 19.0. The summed E-state index contributed by atoms with van der Waals surface area (Å²) < 4.78 is 1.92. The van der Waals surface area contributed by atoms with Gasteiger partial charge in [-0.05, 0) is 55.3 Å². The Hall–Kier alpha value is -4.28. The molecule has 4 aromatic rings. The molecule has 0 aliphatic carbocycles. The molecule has 0 bridgehead atoms. The second-order valence-electron chi connectivity index (χ2n) is 7.81. The molecule has 166 valence electrons. The maximum atomic E-state index is 11.9. The van der Waals surface area contributed by atoms with E-state index in [2.05, 4.69) is 27.0 Å². The van der Waals surface area contributed by atoms with Crippen molar-refractivity contribution < 1.29 is 4.79 Å². The average molecular weight is 467 g/mol. The smallest absolute Gasteiger partial charge is 0.220 e. The quantitative estimate of drug-likeness (QED) is 0.464. The summed E-state index contributed by atoms with van der Waals surface area (Å²) in [5.41, 5.74) is 10.3. The van der Waals surface area contributed by atoms with E-state index in [1.807, 2.05) is 72.2 Å². The van der Waals surface area contributed by atoms with E-state index in [4.69, 9.17) is 22.3 Å². The van der Waals surface area contributed by atoms with Gasteiger partial charge in [-0.1, -0.05) is 35.7 Å². The molecule has 0 spiro atoms. The fraction of sp³-hybridized carbons (Fsp3) is 0.115. The molecule has 0 unspecified atom stereocenters. The van der Waals surface area contributed by atoms with Crippen LogP contribution in [0.3, 0.4) is 0 Å². The number of amides is 1. The molecular formula is C26H19ClN6O. The van der Waals surface area contributed by atoms with Crippen LogP contribution in [0.25, 0.3) is 5.69 Å². The Morgan fingerprint density at radius 1 is 1.09 bits per heavy atom. The monoisotopic (exact) mass is 466 g/mol. The summed E-state index contributed by atoms with van der Waals surface area (Å²) >= 11 is 6.13. The molecule has 2 aromatic heterocycles. The van der Waals surface area contributed by atoms with Gasteiger partial charge in [0.2, 0.25) is 5.91 Å². The highest BCUT2D eigenvalue weighted by Crippen LogP contribution is 2.33. The third-order valence-electron chi connectivity index (χ3n) is 5.44. The van der Waals surface area contributed by atoms with Gasteiger partial charge in [0.15, 0.2) is 5.82 Å². The van der Waals surface area contributed by atoms with Crippen LogP contribution in [0.4, 0.5) is 0 Å². The molecule has 5 rings (SSSR count). The van der Waals surface area contributed by atoms with Gasteiger partial charge < -0.3 is 5.73 Å². The predicted molar refractivity (Wildman–Crippen MR) is 130 cm³/mol.